The lowest BCUT2D eigenvalue weighted by molar-refractivity contribution is -0.385. The fourth-order valence-electron chi connectivity index (χ4n) is 1.82. The van der Waals surface area contributed by atoms with E-state index in [1.807, 2.05) is 0 Å². The highest BCUT2D eigenvalue weighted by atomic mass is 16.6. The Kier molecular flexibility index (Phi) is 3.81. The fraction of sp³-hybridized carbons (Fsp3) is 0.600. The van der Waals surface area contributed by atoms with E-state index in [1.165, 1.54) is 25.2 Å². The van der Waals surface area contributed by atoms with E-state index in [-0.39, 0.29) is 5.69 Å². The van der Waals surface area contributed by atoms with Crippen LogP contribution in [-0.4, -0.2) is 34.0 Å². The molecule has 17 heavy (non-hydrogen) atoms. The number of nitrogens with one attached hydrogen (secondary N) is 2. The molecule has 1 aliphatic heterocycles. The Morgan fingerprint density at radius 3 is 2.82 bits per heavy atom. The third-order valence-corrected chi connectivity index (χ3v) is 2.77. The van der Waals surface area contributed by atoms with E-state index in [1.54, 1.807) is 0 Å². The minimum Gasteiger partial charge on any atom is -0.353 e. The molecule has 0 radical (unpaired) electrons. The SMILES string of the molecule is O=[N+]([O-])c1cnc(NCC2CCCCN2)nc1. The molecule has 1 unspecified atom stereocenters. The van der Waals surface area contributed by atoms with Crippen molar-refractivity contribution < 1.29 is 4.92 Å². The number of hydrogen-bond donors (Lipinski definition) is 2. The lowest BCUT2D eigenvalue weighted by atomic mass is 10.1. The number of anilines is 1. The molecular formula is C10H15N5O2. The maximum Gasteiger partial charge on any atom is 0.305 e. The van der Waals surface area contributed by atoms with Gasteiger partial charge in [0, 0.05) is 12.6 Å². The van der Waals surface area contributed by atoms with E-state index in [4.69, 9.17) is 0 Å². The molecule has 1 aromatic heterocycles. The molecule has 7 nitrogen and oxygen atoms in total. The predicted molar refractivity (Wildman–Crippen MR) is 62.8 cm³/mol. The van der Waals surface area contributed by atoms with Gasteiger partial charge in [-0.1, -0.05) is 6.42 Å². The van der Waals surface area contributed by atoms with Crippen LogP contribution in [0.3, 0.4) is 0 Å². The van der Waals surface area contributed by atoms with Crippen molar-refractivity contribution in [1.29, 1.82) is 0 Å². The van der Waals surface area contributed by atoms with E-state index < -0.39 is 4.92 Å². The van der Waals surface area contributed by atoms with Crippen LogP contribution in [0, 0.1) is 10.1 Å². The van der Waals surface area contributed by atoms with Gasteiger partial charge >= 0.3 is 5.69 Å². The van der Waals surface area contributed by atoms with Gasteiger partial charge < -0.3 is 10.6 Å². The molecule has 0 bridgehead atoms. The Hall–Kier alpha value is -1.76. The summed E-state index contributed by atoms with van der Waals surface area (Å²) in [5, 5.41) is 16.9. The van der Waals surface area contributed by atoms with E-state index in [9.17, 15) is 10.1 Å². The number of hydrogen-bond acceptors (Lipinski definition) is 6. The van der Waals surface area contributed by atoms with Gasteiger partial charge in [0.15, 0.2) is 0 Å². The maximum atomic E-state index is 10.4. The van der Waals surface area contributed by atoms with Gasteiger partial charge in [-0.25, -0.2) is 9.97 Å². The van der Waals surface area contributed by atoms with Gasteiger partial charge in [0.25, 0.3) is 0 Å². The van der Waals surface area contributed by atoms with Crippen LogP contribution in [0.25, 0.3) is 0 Å². The molecule has 0 aromatic carbocycles. The number of aromatic nitrogens is 2. The van der Waals surface area contributed by atoms with E-state index in [2.05, 4.69) is 20.6 Å². The number of nitrogens with zero attached hydrogens (tertiary/aromatic N) is 3. The zero-order valence-electron chi connectivity index (χ0n) is 9.43. The molecule has 2 heterocycles. The largest absolute Gasteiger partial charge is 0.353 e. The minimum absolute atomic E-state index is 0.0914. The highest BCUT2D eigenvalue weighted by Crippen LogP contribution is 2.10. The Labute approximate surface area is 98.8 Å². The molecule has 2 rings (SSSR count). The van der Waals surface area contributed by atoms with Gasteiger partial charge in [0.1, 0.15) is 12.4 Å². The van der Waals surface area contributed by atoms with Gasteiger partial charge in [0.05, 0.1) is 4.92 Å². The van der Waals surface area contributed by atoms with Crippen LogP contribution in [0.1, 0.15) is 19.3 Å². The van der Waals surface area contributed by atoms with Crippen LogP contribution in [0.5, 0.6) is 0 Å². The zero-order valence-corrected chi connectivity index (χ0v) is 9.43. The molecule has 0 saturated carbocycles. The fourth-order valence-corrected chi connectivity index (χ4v) is 1.82. The normalized spacial score (nSPS) is 19.9. The standard InChI is InChI=1S/C10H15N5O2/c16-15(17)9-6-13-10(14-7-9)12-5-8-3-1-2-4-11-8/h6-8,11H,1-5H2,(H,12,13,14). The second-order valence-electron chi connectivity index (χ2n) is 4.05. The molecular weight excluding hydrogens is 222 g/mol. The average molecular weight is 237 g/mol. The minimum atomic E-state index is -0.507. The first-order valence-electron chi connectivity index (χ1n) is 5.69. The Balaban J connectivity index is 1.84. The number of rotatable bonds is 4. The van der Waals surface area contributed by atoms with Gasteiger partial charge in [-0.05, 0) is 19.4 Å². The predicted octanol–water partition coefficient (Wildman–Crippen LogP) is 0.939. The number of piperidine rings is 1. The molecule has 0 spiro atoms. The van der Waals surface area contributed by atoms with Crippen molar-refractivity contribution in [3.05, 3.63) is 22.5 Å². The van der Waals surface area contributed by atoms with Gasteiger partial charge in [-0.15, -0.1) is 0 Å². The number of nitro groups is 1. The second-order valence-corrected chi connectivity index (χ2v) is 4.05. The van der Waals surface area contributed by atoms with Crippen molar-refractivity contribution in [1.82, 2.24) is 15.3 Å². The lowest BCUT2D eigenvalue weighted by Gasteiger charge is -2.23. The van der Waals surface area contributed by atoms with Crippen molar-refractivity contribution in [3.8, 4) is 0 Å². The summed E-state index contributed by atoms with van der Waals surface area (Å²) in [6.07, 6.45) is 6.03. The molecule has 1 atom stereocenters. The van der Waals surface area contributed by atoms with E-state index in [0.717, 1.165) is 19.5 Å². The van der Waals surface area contributed by atoms with Crippen LogP contribution in [-0.2, 0) is 0 Å². The van der Waals surface area contributed by atoms with Crippen LogP contribution in [0.2, 0.25) is 0 Å². The molecule has 1 fully saturated rings. The van der Waals surface area contributed by atoms with Crippen LogP contribution < -0.4 is 10.6 Å². The Bertz CT molecular complexity index is 375. The zero-order chi connectivity index (χ0) is 12.1. The summed E-state index contributed by atoms with van der Waals surface area (Å²) in [6, 6.07) is 0.433. The van der Waals surface area contributed by atoms with E-state index in [0.29, 0.717) is 12.0 Å². The first-order chi connectivity index (χ1) is 8.25. The molecule has 1 aromatic rings. The third-order valence-electron chi connectivity index (χ3n) is 2.77. The monoisotopic (exact) mass is 237 g/mol. The topological polar surface area (TPSA) is 93.0 Å². The van der Waals surface area contributed by atoms with Gasteiger partial charge in [-0.2, -0.15) is 0 Å². The summed E-state index contributed by atoms with van der Waals surface area (Å²) >= 11 is 0. The molecule has 7 heteroatoms. The summed E-state index contributed by atoms with van der Waals surface area (Å²) < 4.78 is 0. The third kappa shape index (κ3) is 3.35. The quantitative estimate of drug-likeness (QED) is 0.598. The molecule has 92 valence electrons. The summed E-state index contributed by atoms with van der Waals surface area (Å²) in [6.45, 7) is 1.80. The molecule has 1 aliphatic rings. The Morgan fingerprint density at radius 2 is 2.24 bits per heavy atom. The van der Waals surface area contributed by atoms with Crippen LogP contribution >= 0.6 is 0 Å². The lowest BCUT2D eigenvalue weighted by Crippen LogP contribution is -2.39. The second kappa shape index (κ2) is 5.53. The molecule has 0 amide bonds. The first kappa shape index (κ1) is 11.7. The highest BCUT2D eigenvalue weighted by molar-refractivity contribution is 5.30. The first-order valence-corrected chi connectivity index (χ1v) is 5.69. The van der Waals surface area contributed by atoms with Crippen LogP contribution in [0.15, 0.2) is 12.4 Å². The molecule has 0 aliphatic carbocycles. The molecule has 1 saturated heterocycles. The van der Waals surface area contributed by atoms with Gasteiger partial charge in [0.2, 0.25) is 5.95 Å². The van der Waals surface area contributed by atoms with Crippen molar-refractivity contribution in [3.63, 3.8) is 0 Å². The van der Waals surface area contributed by atoms with Crippen molar-refractivity contribution in [2.24, 2.45) is 0 Å². The maximum absolute atomic E-state index is 10.4. The average Bonchev–Trinajstić information content (AvgIpc) is 2.38. The summed E-state index contributed by atoms with van der Waals surface area (Å²) in [7, 11) is 0. The van der Waals surface area contributed by atoms with Crippen molar-refractivity contribution >= 4 is 11.6 Å². The van der Waals surface area contributed by atoms with E-state index >= 15 is 0 Å². The highest BCUT2D eigenvalue weighted by Gasteiger charge is 2.12. The summed E-state index contributed by atoms with van der Waals surface area (Å²) in [4.78, 5) is 17.7. The summed E-state index contributed by atoms with van der Waals surface area (Å²) in [5.41, 5.74) is -0.0914. The van der Waals surface area contributed by atoms with Crippen LogP contribution in [0.4, 0.5) is 11.6 Å². The van der Waals surface area contributed by atoms with Crippen molar-refractivity contribution in [2.45, 2.75) is 25.3 Å². The Morgan fingerprint density at radius 1 is 1.47 bits per heavy atom. The van der Waals surface area contributed by atoms with Crippen molar-refractivity contribution in [2.75, 3.05) is 18.4 Å². The smallest absolute Gasteiger partial charge is 0.305 e. The summed E-state index contributed by atoms with van der Waals surface area (Å²) in [5.74, 6) is 0.433. The molecule has 2 N–H and O–H groups in total. The van der Waals surface area contributed by atoms with Gasteiger partial charge in [-0.3, -0.25) is 10.1 Å².